The number of ether oxygens (including phenoxy) is 1. The Balaban J connectivity index is 1.36. The molecule has 0 radical (unpaired) electrons. The van der Waals surface area contributed by atoms with Gasteiger partial charge in [-0.25, -0.2) is 27.1 Å². The molecule has 4 aromatic rings. The number of carbonyl (C=O) groups is 1. The van der Waals surface area contributed by atoms with Crippen molar-refractivity contribution in [1.29, 1.82) is 0 Å². The normalized spacial score (nSPS) is 11.4. The average molecular weight is 455 g/mol. The molecular formula is C21H18FN5O4S. The highest BCUT2D eigenvalue weighted by Crippen LogP contribution is 2.20. The second-order valence-electron chi connectivity index (χ2n) is 6.74. The smallest absolute Gasteiger partial charge is 0.338 e. The monoisotopic (exact) mass is 455 g/mol. The van der Waals surface area contributed by atoms with Gasteiger partial charge >= 0.3 is 5.97 Å². The highest BCUT2D eigenvalue weighted by atomic mass is 32.2. The van der Waals surface area contributed by atoms with Gasteiger partial charge in [-0.3, -0.25) is 4.72 Å². The molecule has 32 heavy (non-hydrogen) atoms. The number of halogens is 1. The van der Waals surface area contributed by atoms with E-state index < -0.39 is 21.8 Å². The molecule has 0 unspecified atom stereocenters. The highest BCUT2D eigenvalue weighted by Gasteiger charge is 2.18. The lowest BCUT2D eigenvalue weighted by atomic mass is 10.2. The number of nitrogens with one attached hydrogen (secondary N) is 1. The predicted octanol–water partition coefficient (Wildman–Crippen LogP) is 2.85. The van der Waals surface area contributed by atoms with Crippen LogP contribution in [0.1, 0.15) is 22.6 Å². The molecule has 0 aliphatic rings. The lowest BCUT2D eigenvalue weighted by Gasteiger charge is -2.10. The first kappa shape index (κ1) is 21.4. The number of hydrogen-bond donors (Lipinski definition) is 1. The topological polar surface area (TPSA) is 116 Å². The summed E-state index contributed by atoms with van der Waals surface area (Å²) in [6.07, 6.45) is 4.32. The summed E-state index contributed by atoms with van der Waals surface area (Å²) in [6.45, 7) is 0.103. The second-order valence-corrected chi connectivity index (χ2v) is 8.43. The van der Waals surface area contributed by atoms with E-state index in [9.17, 15) is 17.6 Å². The maximum absolute atomic E-state index is 13.8. The Kier molecular flexibility index (Phi) is 6.08. The van der Waals surface area contributed by atoms with E-state index in [2.05, 4.69) is 19.8 Å². The van der Waals surface area contributed by atoms with Crippen molar-refractivity contribution in [2.75, 3.05) is 11.3 Å². The summed E-state index contributed by atoms with van der Waals surface area (Å²) < 4.78 is 47.9. The molecule has 0 bridgehead atoms. The lowest BCUT2D eigenvalue weighted by Crippen LogP contribution is -2.15. The zero-order valence-electron chi connectivity index (χ0n) is 16.7. The predicted molar refractivity (Wildman–Crippen MR) is 113 cm³/mol. The number of hydrogen-bond acceptors (Lipinski definition) is 7. The zero-order chi connectivity index (χ0) is 22.6. The van der Waals surface area contributed by atoms with E-state index in [0.29, 0.717) is 24.4 Å². The van der Waals surface area contributed by atoms with Crippen LogP contribution in [0, 0.1) is 5.82 Å². The van der Waals surface area contributed by atoms with Gasteiger partial charge in [0.15, 0.2) is 5.82 Å². The molecule has 9 nitrogen and oxygen atoms in total. The standard InChI is InChI=1S/C21H18FN5O4S/c22-17-8-1-2-9-18(17)26-32(29,30)16-7-3-6-15(14-16)20(28)31-13-4-10-19-24-21-23-11-5-12-27(21)25-19/h1-3,5-9,11-12,14,26H,4,10,13H2. The van der Waals surface area contributed by atoms with Gasteiger partial charge in [0.1, 0.15) is 5.82 Å². The molecule has 1 N–H and O–H groups in total. The summed E-state index contributed by atoms with van der Waals surface area (Å²) in [6, 6.07) is 12.5. The van der Waals surface area contributed by atoms with E-state index in [1.807, 2.05) is 0 Å². The molecule has 0 amide bonds. The number of anilines is 1. The van der Waals surface area contributed by atoms with Gasteiger partial charge < -0.3 is 4.74 Å². The molecule has 11 heteroatoms. The number of fused-ring (bicyclic) bond motifs is 1. The molecule has 164 valence electrons. The Hall–Kier alpha value is -3.86. The van der Waals surface area contributed by atoms with Crippen molar-refractivity contribution < 1.29 is 22.3 Å². The van der Waals surface area contributed by atoms with Gasteiger partial charge in [0.2, 0.25) is 0 Å². The maximum atomic E-state index is 13.8. The largest absolute Gasteiger partial charge is 0.462 e. The third-order valence-corrected chi connectivity index (χ3v) is 5.80. The summed E-state index contributed by atoms with van der Waals surface area (Å²) in [7, 11) is -4.09. The van der Waals surface area contributed by atoms with Crippen molar-refractivity contribution in [1.82, 2.24) is 19.6 Å². The quantitative estimate of drug-likeness (QED) is 0.321. The molecule has 0 aliphatic heterocycles. The fraction of sp³-hybridized carbons (Fsp3) is 0.143. The van der Waals surface area contributed by atoms with Crippen LogP contribution in [0.25, 0.3) is 5.78 Å². The molecule has 0 saturated carbocycles. The Morgan fingerprint density at radius 3 is 2.78 bits per heavy atom. The van der Waals surface area contributed by atoms with Crippen molar-refractivity contribution >= 4 is 27.5 Å². The SMILES string of the molecule is O=C(OCCCc1nc2ncccn2n1)c1cccc(S(=O)(=O)Nc2ccccc2F)c1. The van der Waals surface area contributed by atoms with E-state index in [1.54, 1.807) is 23.0 Å². The molecule has 0 atom stereocenters. The van der Waals surface area contributed by atoms with Crippen molar-refractivity contribution in [2.45, 2.75) is 17.7 Å². The molecule has 2 aromatic heterocycles. The van der Waals surface area contributed by atoms with Crippen LogP contribution in [0.15, 0.2) is 71.9 Å². The maximum Gasteiger partial charge on any atom is 0.338 e. The van der Waals surface area contributed by atoms with E-state index in [-0.39, 0.29) is 22.8 Å². The Bertz CT molecular complexity index is 1340. The third kappa shape index (κ3) is 4.89. The Labute approximate surface area is 183 Å². The van der Waals surface area contributed by atoms with Gasteiger partial charge in [-0.15, -0.1) is 5.10 Å². The van der Waals surface area contributed by atoms with Crippen molar-refractivity contribution in [3.63, 3.8) is 0 Å². The number of carbonyl (C=O) groups excluding carboxylic acids is 1. The van der Waals surface area contributed by atoms with Crippen LogP contribution in [-0.2, 0) is 21.2 Å². The highest BCUT2D eigenvalue weighted by molar-refractivity contribution is 7.92. The second kappa shape index (κ2) is 9.10. The fourth-order valence-corrected chi connectivity index (χ4v) is 4.01. The summed E-state index contributed by atoms with van der Waals surface area (Å²) in [5, 5.41) is 4.27. The Morgan fingerprint density at radius 1 is 1.12 bits per heavy atom. The molecule has 0 aliphatic carbocycles. The van der Waals surface area contributed by atoms with Crippen LogP contribution >= 0.6 is 0 Å². The van der Waals surface area contributed by atoms with Crippen LogP contribution in [0.5, 0.6) is 0 Å². The summed E-state index contributed by atoms with van der Waals surface area (Å²) in [5.74, 6) is -0.311. The zero-order valence-corrected chi connectivity index (χ0v) is 17.5. The van der Waals surface area contributed by atoms with Gasteiger partial charge in [-0.1, -0.05) is 18.2 Å². The molecule has 0 saturated heterocycles. The minimum atomic E-state index is -4.09. The summed E-state index contributed by atoms with van der Waals surface area (Å²) in [4.78, 5) is 20.5. The van der Waals surface area contributed by atoms with E-state index >= 15 is 0 Å². The number of aromatic nitrogens is 4. The van der Waals surface area contributed by atoms with Crippen LogP contribution in [-0.4, -0.2) is 40.6 Å². The number of para-hydroxylation sites is 1. The lowest BCUT2D eigenvalue weighted by molar-refractivity contribution is 0.0500. The van der Waals surface area contributed by atoms with Crippen LogP contribution in [0.3, 0.4) is 0 Å². The molecule has 0 spiro atoms. The minimum absolute atomic E-state index is 0.0662. The first-order valence-corrected chi connectivity index (χ1v) is 11.1. The number of esters is 1. The van der Waals surface area contributed by atoms with Gasteiger partial charge in [-0.2, -0.15) is 4.98 Å². The fourth-order valence-electron chi connectivity index (χ4n) is 2.90. The first-order chi connectivity index (χ1) is 15.4. The van der Waals surface area contributed by atoms with Crippen LogP contribution < -0.4 is 4.72 Å². The van der Waals surface area contributed by atoms with Gasteiger partial charge in [-0.05, 0) is 42.8 Å². The summed E-state index contributed by atoms with van der Waals surface area (Å²) in [5.41, 5.74) is -0.118. The molecule has 2 aromatic carbocycles. The van der Waals surface area contributed by atoms with Crippen molar-refractivity contribution in [2.24, 2.45) is 0 Å². The van der Waals surface area contributed by atoms with E-state index in [0.717, 1.165) is 6.07 Å². The number of nitrogens with zero attached hydrogens (tertiary/aromatic N) is 4. The number of rotatable bonds is 8. The molecular weight excluding hydrogens is 437 g/mol. The molecule has 2 heterocycles. The first-order valence-electron chi connectivity index (χ1n) is 9.63. The Morgan fingerprint density at radius 2 is 1.97 bits per heavy atom. The van der Waals surface area contributed by atoms with Crippen molar-refractivity contribution in [3.8, 4) is 0 Å². The van der Waals surface area contributed by atoms with Gasteiger partial charge in [0.05, 0.1) is 22.8 Å². The van der Waals surface area contributed by atoms with E-state index in [1.165, 1.54) is 42.5 Å². The molecule has 4 rings (SSSR count). The van der Waals surface area contributed by atoms with Gasteiger partial charge in [0.25, 0.3) is 15.8 Å². The third-order valence-electron chi connectivity index (χ3n) is 4.44. The number of aryl methyl sites for hydroxylation is 1. The van der Waals surface area contributed by atoms with E-state index in [4.69, 9.17) is 4.74 Å². The summed E-state index contributed by atoms with van der Waals surface area (Å²) >= 11 is 0. The number of sulfonamides is 1. The van der Waals surface area contributed by atoms with Gasteiger partial charge in [0, 0.05) is 18.8 Å². The average Bonchev–Trinajstić information content (AvgIpc) is 3.21. The van der Waals surface area contributed by atoms with Crippen LogP contribution in [0.4, 0.5) is 10.1 Å². The molecule has 0 fully saturated rings. The van der Waals surface area contributed by atoms with Crippen molar-refractivity contribution in [3.05, 3.63) is 84.2 Å². The minimum Gasteiger partial charge on any atom is -0.462 e. The number of benzene rings is 2. The van der Waals surface area contributed by atoms with Crippen LogP contribution in [0.2, 0.25) is 0 Å².